The van der Waals surface area contributed by atoms with Crippen molar-refractivity contribution in [1.29, 1.82) is 0 Å². The van der Waals surface area contributed by atoms with Gasteiger partial charge in [-0.15, -0.1) is 0 Å². The zero-order chi connectivity index (χ0) is 27.2. The van der Waals surface area contributed by atoms with E-state index in [1.54, 1.807) is 49.4 Å². The number of hydrogen-bond donors (Lipinski definition) is 1. The van der Waals surface area contributed by atoms with Crippen molar-refractivity contribution in [2.45, 2.75) is 11.8 Å². The minimum atomic E-state index is -4.25. The van der Waals surface area contributed by atoms with E-state index in [0.717, 1.165) is 4.31 Å². The Labute approximate surface area is 215 Å². The number of benzene rings is 3. The van der Waals surface area contributed by atoms with E-state index < -0.39 is 28.4 Å². The summed E-state index contributed by atoms with van der Waals surface area (Å²) >= 11 is 0. The van der Waals surface area contributed by atoms with Crippen LogP contribution in [0.3, 0.4) is 0 Å². The number of carbonyl (C=O) groups is 2. The number of rotatable bonds is 10. The van der Waals surface area contributed by atoms with E-state index in [2.05, 4.69) is 5.32 Å². The number of amides is 1. The van der Waals surface area contributed by atoms with Gasteiger partial charge in [0.2, 0.25) is 5.91 Å². The molecule has 0 fully saturated rings. The fraction of sp³-hybridized carbons (Fsp3) is 0.231. The number of anilines is 2. The number of para-hydroxylation sites is 1. The first-order valence-electron chi connectivity index (χ1n) is 11.0. The highest BCUT2D eigenvalue weighted by Crippen LogP contribution is 2.34. The van der Waals surface area contributed by atoms with Gasteiger partial charge in [-0.2, -0.15) is 0 Å². The maximum absolute atomic E-state index is 13.8. The first-order chi connectivity index (χ1) is 17.7. The number of sulfonamides is 1. The molecular weight excluding hydrogens is 500 g/mol. The Morgan fingerprint density at radius 2 is 1.46 bits per heavy atom. The molecule has 0 bridgehead atoms. The molecule has 196 valence electrons. The fourth-order valence-electron chi connectivity index (χ4n) is 3.59. The van der Waals surface area contributed by atoms with Crippen molar-refractivity contribution in [3.8, 4) is 17.2 Å². The largest absolute Gasteiger partial charge is 0.495 e. The van der Waals surface area contributed by atoms with Crippen molar-refractivity contribution in [1.82, 2.24) is 0 Å². The van der Waals surface area contributed by atoms with E-state index in [4.69, 9.17) is 18.9 Å². The molecule has 0 saturated carbocycles. The Morgan fingerprint density at radius 3 is 2.05 bits per heavy atom. The number of aryl methyl sites for hydroxylation is 1. The molecule has 1 N–H and O–H groups in total. The molecule has 0 atom stereocenters. The van der Waals surface area contributed by atoms with Gasteiger partial charge in [-0.3, -0.25) is 9.10 Å². The van der Waals surface area contributed by atoms with Gasteiger partial charge in [0.25, 0.3) is 10.0 Å². The molecule has 1 amide bonds. The summed E-state index contributed by atoms with van der Waals surface area (Å²) in [5, 5.41) is 2.60. The van der Waals surface area contributed by atoms with Gasteiger partial charge in [0.15, 0.2) is 11.5 Å². The molecule has 0 saturated heterocycles. The molecule has 3 aromatic rings. The van der Waals surface area contributed by atoms with Crippen molar-refractivity contribution in [3.63, 3.8) is 0 Å². The highest BCUT2D eigenvalue weighted by molar-refractivity contribution is 7.93. The molecule has 11 heteroatoms. The standard InChI is InChI=1S/C26H28N2O8S/c1-17-11-12-21(33-2)24(13-17)37(31,32)28(18-9-7-6-8-10-18)16-25(29)27-20-15-23(35-4)22(34-3)14-19(20)26(30)36-5/h6-15H,16H2,1-5H3,(H,27,29). The van der Waals surface area contributed by atoms with Crippen molar-refractivity contribution in [2.24, 2.45) is 0 Å². The molecule has 0 spiro atoms. The second-order valence-electron chi connectivity index (χ2n) is 7.79. The van der Waals surface area contributed by atoms with E-state index >= 15 is 0 Å². The summed E-state index contributed by atoms with van der Waals surface area (Å²) in [6.45, 7) is 1.15. The Morgan fingerprint density at radius 1 is 0.838 bits per heavy atom. The number of hydrogen-bond acceptors (Lipinski definition) is 8. The molecular formula is C26H28N2O8S. The number of methoxy groups -OCH3 is 4. The van der Waals surface area contributed by atoms with Gasteiger partial charge in [-0.1, -0.05) is 24.3 Å². The normalized spacial score (nSPS) is 10.8. The van der Waals surface area contributed by atoms with Crippen LogP contribution >= 0.6 is 0 Å². The van der Waals surface area contributed by atoms with Crippen LogP contribution in [0.25, 0.3) is 0 Å². The van der Waals surface area contributed by atoms with Crippen LogP contribution in [0.4, 0.5) is 11.4 Å². The van der Waals surface area contributed by atoms with Crippen LogP contribution in [0.15, 0.2) is 65.6 Å². The molecule has 3 aromatic carbocycles. The molecule has 37 heavy (non-hydrogen) atoms. The van der Waals surface area contributed by atoms with E-state index in [1.807, 2.05) is 0 Å². The van der Waals surface area contributed by atoms with E-state index in [-0.39, 0.29) is 39.1 Å². The molecule has 3 rings (SSSR count). The van der Waals surface area contributed by atoms with E-state index in [0.29, 0.717) is 5.56 Å². The molecule has 0 unspecified atom stereocenters. The van der Waals surface area contributed by atoms with Gasteiger partial charge in [-0.05, 0) is 36.8 Å². The minimum Gasteiger partial charge on any atom is -0.495 e. The number of nitrogens with zero attached hydrogens (tertiary/aromatic N) is 1. The van der Waals surface area contributed by atoms with Crippen molar-refractivity contribution >= 4 is 33.3 Å². The summed E-state index contributed by atoms with van der Waals surface area (Å²) in [6, 6.07) is 15.7. The lowest BCUT2D eigenvalue weighted by molar-refractivity contribution is -0.114. The van der Waals surface area contributed by atoms with Crippen LogP contribution < -0.4 is 23.8 Å². The zero-order valence-electron chi connectivity index (χ0n) is 21.1. The van der Waals surface area contributed by atoms with E-state index in [9.17, 15) is 18.0 Å². The zero-order valence-corrected chi connectivity index (χ0v) is 21.9. The third-order valence-corrected chi connectivity index (χ3v) is 7.22. The quantitative estimate of drug-likeness (QED) is 0.396. The molecule has 0 radical (unpaired) electrons. The molecule has 0 aliphatic carbocycles. The average molecular weight is 529 g/mol. The minimum absolute atomic E-state index is 0.00275. The molecule has 0 aliphatic heterocycles. The Bertz CT molecular complexity index is 1390. The third kappa shape index (κ3) is 5.95. The molecule has 10 nitrogen and oxygen atoms in total. The van der Waals surface area contributed by atoms with Crippen LogP contribution in [0.2, 0.25) is 0 Å². The van der Waals surface area contributed by atoms with Gasteiger partial charge >= 0.3 is 5.97 Å². The summed E-state index contributed by atoms with van der Waals surface area (Å²) in [5.74, 6) is -0.798. The first-order valence-corrected chi connectivity index (χ1v) is 12.5. The summed E-state index contributed by atoms with van der Waals surface area (Å²) in [5.41, 5.74) is 1.03. The monoisotopic (exact) mass is 528 g/mol. The predicted molar refractivity (Wildman–Crippen MR) is 138 cm³/mol. The average Bonchev–Trinajstić information content (AvgIpc) is 2.91. The number of nitrogens with one attached hydrogen (secondary N) is 1. The topological polar surface area (TPSA) is 120 Å². The lowest BCUT2D eigenvalue weighted by Crippen LogP contribution is -2.38. The molecule has 0 heterocycles. The van der Waals surface area contributed by atoms with Gasteiger partial charge in [0, 0.05) is 12.1 Å². The first kappa shape index (κ1) is 27.3. The molecule has 0 aliphatic rings. The lowest BCUT2D eigenvalue weighted by Gasteiger charge is -2.25. The van der Waals surface area contributed by atoms with Gasteiger partial charge in [0.1, 0.15) is 17.2 Å². The van der Waals surface area contributed by atoms with Gasteiger partial charge in [-0.25, -0.2) is 13.2 Å². The summed E-state index contributed by atoms with van der Waals surface area (Å²) in [7, 11) is 1.12. The maximum Gasteiger partial charge on any atom is 0.340 e. The highest BCUT2D eigenvalue weighted by Gasteiger charge is 2.31. The Balaban J connectivity index is 2.04. The van der Waals surface area contributed by atoms with Crippen molar-refractivity contribution in [2.75, 3.05) is 44.6 Å². The van der Waals surface area contributed by atoms with E-state index in [1.165, 1.54) is 46.6 Å². The number of esters is 1. The maximum atomic E-state index is 13.8. The van der Waals surface area contributed by atoms with Gasteiger partial charge in [0.05, 0.1) is 45.4 Å². The number of carbonyl (C=O) groups excluding carboxylic acids is 2. The van der Waals surface area contributed by atoms with Gasteiger partial charge < -0.3 is 24.3 Å². The predicted octanol–water partition coefficient (Wildman–Crippen LogP) is 3.64. The van der Waals surface area contributed by atoms with Crippen LogP contribution in [0.5, 0.6) is 17.2 Å². The lowest BCUT2D eigenvalue weighted by atomic mass is 10.1. The third-order valence-electron chi connectivity index (χ3n) is 5.42. The molecule has 0 aromatic heterocycles. The highest BCUT2D eigenvalue weighted by atomic mass is 32.2. The Kier molecular flexibility index (Phi) is 8.61. The second kappa shape index (κ2) is 11.7. The fourth-order valence-corrected chi connectivity index (χ4v) is 5.26. The second-order valence-corrected chi connectivity index (χ2v) is 9.62. The number of ether oxygens (including phenoxy) is 4. The SMILES string of the molecule is COC(=O)c1cc(OC)c(OC)cc1NC(=O)CN(c1ccccc1)S(=O)(=O)c1cc(C)ccc1OC. The van der Waals surface area contributed by atoms with Crippen molar-refractivity contribution < 1.29 is 37.0 Å². The van der Waals surface area contributed by atoms with Crippen LogP contribution in [0, 0.1) is 6.92 Å². The van der Waals surface area contributed by atoms with Crippen molar-refractivity contribution in [3.05, 3.63) is 71.8 Å². The van der Waals surface area contributed by atoms with Crippen LogP contribution in [-0.2, 0) is 19.6 Å². The summed E-state index contributed by atoms with van der Waals surface area (Å²) in [6.07, 6.45) is 0. The smallest absolute Gasteiger partial charge is 0.340 e. The Hall–Kier alpha value is -4.25. The van der Waals surface area contributed by atoms with Crippen LogP contribution in [-0.4, -0.2) is 55.3 Å². The summed E-state index contributed by atoms with van der Waals surface area (Å²) < 4.78 is 49.2. The summed E-state index contributed by atoms with van der Waals surface area (Å²) in [4.78, 5) is 25.5. The van der Waals surface area contributed by atoms with Crippen LogP contribution in [0.1, 0.15) is 15.9 Å².